The molecule has 3 amide bonds. The molecule has 47 heavy (non-hydrogen) atoms. The number of hydrogen-bond acceptors (Lipinski definition) is 8. The van der Waals surface area contributed by atoms with Gasteiger partial charge >= 0.3 is 6.03 Å². The van der Waals surface area contributed by atoms with Crippen LogP contribution in [-0.2, 0) is 16.6 Å². The number of anilines is 3. The van der Waals surface area contributed by atoms with Gasteiger partial charge in [-0.05, 0) is 60.9 Å². The van der Waals surface area contributed by atoms with Gasteiger partial charge in [0.1, 0.15) is 5.82 Å². The normalized spacial score (nSPS) is 13.9. The van der Waals surface area contributed by atoms with Crippen LogP contribution in [0.5, 0.6) is 17.4 Å². The molecule has 0 spiro atoms. The molecule has 1 saturated heterocycles. The number of benzene rings is 3. The first-order valence-electron chi connectivity index (χ1n) is 14.7. The van der Waals surface area contributed by atoms with E-state index in [1.807, 2.05) is 36.4 Å². The van der Waals surface area contributed by atoms with Gasteiger partial charge in [0.15, 0.2) is 11.5 Å². The molecule has 4 N–H and O–H groups in total. The molecule has 14 heteroatoms. The van der Waals surface area contributed by atoms with Gasteiger partial charge in [0.2, 0.25) is 15.9 Å². The van der Waals surface area contributed by atoms with Crippen molar-refractivity contribution >= 4 is 39.0 Å². The van der Waals surface area contributed by atoms with Crippen LogP contribution >= 0.6 is 0 Å². The van der Waals surface area contributed by atoms with Crippen LogP contribution in [0.4, 0.5) is 26.2 Å². The van der Waals surface area contributed by atoms with Gasteiger partial charge in [0.05, 0.1) is 24.6 Å². The number of aromatic nitrogens is 1. The number of nitrogens with zero attached hydrogens (tertiary/aromatic N) is 3. The minimum Gasteiger partial charge on any atom is -0.493 e. The molecule has 0 saturated carbocycles. The molecular weight excluding hydrogens is 627 g/mol. The summed E-state index contributed by atoms with van der Waals surface area (Å²) in [6.07, 6.45) is 4.21. The van der Waals surface area contributed by atoms with Crippen molar-refractivity contribution in [3.8, 4) is 17.4 Å². The predicted octanol–water partition coefficient (Wildman–Crippen LogP) is 5.20. The Balaban J connectivity index is 1.20. The Bertz CT molecular complexity index is 1830. The van der Waals surface area contributed by atoms with E-state index in [-0.39, 0.29) is 17.3 Å². The van der Waals surface area contributed by atoms with Crippen molar-refractivity contribution in [2.24, 2.45) is 5.73 Å². The number of nitrogens with two attached hydrogens (primary N) is 1. The third kappa shape index (κ3) is 8.74. The summed E-state index contributed by atoms with van der Waals surface area (Å²) in [5.41, 5.74) is 7.30. The van der Waals surface area contributed by atoms with E-state index in [9.17, 15) is 22.4 Å². The second kappa shape index (κ2) is 14.5. The van der Waals surface area contributed by atoms with E-state index in [0.29, 0.717) is 42.5 Å². The average Bonchev–Trinajstić information content (AvgIpc) is 3.04. The number of amides is 3. The summed E-state index contributed by atoms with van der Waals surface area (Å²) in [4.78, 5) is 33.6. The average molecular weight is 663 g/mol. The highest BCUT2D eigenvalue weighted by Gasteiger charge is 2.29. The van der Waals surface area contributed by atoms with Gasteiger partial charge in [-0.3, -0.25) is 19.3 Å². The molecule has 0 atom stereocenters. The van der Waals surface area contributed by atoms with Crippen LogP contribution in [0.3, 0.4) is 0 Å². The second-order valence-electron chi connectivity index (χ2n) is 11.0. The molecule has 3 aromatic carbocycles. The standard InChI is InChI=1S/C33H35FN6O6S/c1-45-30-19-24(38-47(2,43)44)10-12-29(30)46-31-13-8-22(20-36-31)21-39-16-14-26(15-17-39)40(25-6-4-3-5-7-25)33(42)37-23-9-11-28(34)27(18-23)32(35)41/h3-13,18-20,26,38H,14-17,21H2,1-2H3,(H2,35,41)(H,37,42). The molecule has 0 aliphatic carbocycles. The van der Waals surface area contributed by atoms with E-state index in [2.05, 4.69) is 19.9 Å². The molecule has 0 radical (unpaired) electrons. The van der Waals surface area contributed by atoms with E-state index < -0.39 is 27.8 Å². The fourth-order valence-electron chi connectivity index (χ4n) is 5.36. The molecular formula is C33H35FN6O6S. The zero-order valence-corrected chi connectivity index (χ0v) is 26.7. The van der Waals surface area contributed by atoms with E-state index in [4.69, 9.17) is 15.2 Å². The molecule has 5 rings (SSSR count). The summed E-state index contributed by atoms with van der Waals surface area (Å²) in [7, 11) is -1.98. The SMILES string of the molecule is COc1cc(NS(C)(=O)=O)ccc1Oc1ccc(CN2CCC(N(C(=O)Nc3ccc(F)c(C(N)=O)c3)c3ccccc3)CC2)cn1. The number of rotatable bonds is 11. The van der Waals surface area contributed by atoms with Gasteiger partial charge in [-0.2, -0.15) is 0 Å². The maximum absolute atomic E-state index is 14.0. The number of pyridine rings is 1. The van der Waals surface area contributed by atoms with Crippen molar-refractivity contribution in [2.75, 3.05) is 41.4 Å². The van der Waals surface area contributed by atoms with Crippen molar-refractivity contribution < 1.29 is 31.9 Å². The highest BCUT2D eigenvalue weighted by atomic mass is 32.2. The number of primary amides is 1. The number of hydrogen-bond donors (Lipinski definition) is 3. The van der Waals surface area contributed by atoms with Gasteiger partial charge in [0.25, 0.3) is 5.91 Å². The Kier molecular flexibility index (Phi) is 10.2. The first-order valence-corrected chi connectivity index (χ1v) is 16.6. The summed E-state index contributed by atoms with van der Waals surface area (Å²) in [6.45, 7) is 2.11. The summed E-state index contributed by atoms with van der Waals surface area (Å²) in [5.74, 6) is -0.591. The Morgan fingerprint density at radius 2 is 1.72 bits per heavy atom. The number of ether oxygens (including phenoxy) is 2. The number of para-hydroxylation sites is 1. The fourth-order valence-corrected chi connectivity index (χ4v) is 5.91. The molecule has 4 aromatic rings. The van der Waals surface area contributed by atoms with Crippen LogP contribution in [-0.4, -0.2) is 62.7 Å². The first kappa shape index (κ1) is 33.2. The number of sulfonamides is 1. The topological polar surface area (TPSA) is 156 Å². The molecule has 1 fully saturated rings. The molecule has 2 heterocycles. The van der Waals surface area contributed by atoms with Crippen molar-refractivity contribution in [3.05, 3.63) is 102 Å². The largest absolute Gasteiger partial charge is 0.493 e. The van der Waals surface area contributed by atoms with Gasteiger partial charge in [-0.1, -0.05) is 24.3 Å². The van der Waals surface area contributed by atoms with E-state index >= 15 is 0 Å². The second-order valence-corrected chi connectivity index (χ2v) is 12.8. The van der Waals surface area contributed by atoms with Crippen LogP contribution in [0, 0.1) is 5.82 Å². The zero-order chi connectivity index (χ0) is 33.6. The smallest absolute Gasteiger partial charge is 0.326 e. The predicted molar refractivity (Wildman–Crippen MR) is 177 cm³/mol. The van der Waals surface area contributed by atoms with Crippen LogP contribution < -0.4 is 30.1 Å². The zero-order valence-electron chi connectivity index (χ0n) is 25.9. The summed E-state index contributed by atoms with van der Waals surface area (Å²) in [5, 5.41) is 2.80. The molecule has 246 valence electrons. The van der Waals surface area contributed by atoms with Crippen molar-refractivity contribution in [1.29, 1.82) is 0 Å². The molecule has 1 aliphatic rings. The number of carbonyl (C=O) groups is 2. The third-order valence-electron chi connectivity index (χ3n) is 7.54. The monoisotopic (exact) mass is 662 g/mol. The van der Waals surface area contributed by atoms with Crippen molar-refractivity contribution in [1.82, 2.24) is 9.88 Å². The number of methoxy groups -OCH3 is 1. The number of piperidine rings is 1. The maximum Gasteiger partial charge on any atom is 0.326 e. The van der Waals surface area contributed by atoms with E-state index in [0.717, 1.165) is 36.7 Å². The lowest BCUT2D eigenvalue weighted by Crippen LogP contribution is -2.49. The van der Waals surface area contributed by atoms with Crippen LogP contribution in [0.1, 0.15) is 28.8 Å². The molecule has 1 aromatic heterocycles. The lowest BCUT2D eigenvalue weighted by molar-refractivity contribution is 0.0996. The minimum absolute atomic E-state index is 0.104. The summed E-state index contributed by atoms with van der Waals surface area (Å²) >= 11 is 0. The fraction of sp³-hybridized carbons (Fsp3) is 0.242. The first-order chi connectivity index (χ1) is 22.5. The Morgan fingerprint density at radius 3 is 2.36 bits per heavy atom. The molecule has 12 nitrogen and oxygen atoms in total. The van der Waals surface area contributed by atoms with Crippen molar-refractivity contribution in [2.45, 2.75) is 25.4 Å². The number of halogens is 1. The minimum atomic E-state index is -3.44. The Hall–Kier alpha value is -5.21. The summed E-state index contributed by atoms with van der Waals surface area (Å²) in [6, 6.07) is 20.9. The lowest BCUT2D eigenvalue weighted by atomic mass is 10.0. The highest BCUT2D eigenvalue weighted by Crippen LogP contribution is 2.34. The Morgan fingerprint density at radius 1 is 1.00 bits per heavy atom. The van der Waals surface area contributed by atoms with Gasteiger partial charge in [-0.15, -0.1) is 0 Å². The quantitative estimate of drug-likeness (QED) is 0.198. The van der Waals surface area contributed by atoms with E-state index in [1.54, 1.807) is 29.3 Å². The highest BCUT2D eigenvalue weighted by molar-refractivity contribution is 7.92. The summed E-state index contributed by atoms with van der Waals surface area (Å²) < 4.78 is 50.7. The number of carbonyl (C=O) groups excluding carboxylic acids is 2. The molecule has 0 bridgehead atoms. The van der Waals surface area contributed by atoms with Gasteiger partial charge < -0.3 is 20.5 Å². The maximum atomic E-state index is 14.0. The number of nitrogens with one attached hydrogen (secondary N) is 2. The third-order valence-corrected chi connectivity index (χ3v) is 8.15. The molecule has 1 aliphatic heterocycles. The molecule has 0 unspecified atom stereocenters. The van der Waals surface area contributed by atoms with Crippen LogP contribution in [0.15, 0.2) is 85.1 Å². The van der Waals surface area contributed by atoms with Crippen LogP contribution in [0.2, 0.25) is 0 Å². The van der Waals surface area contributed by atoms with Gasteiger partial charge in [0, 0.05) is 55.4 Å². The van der Waals surface area contributed by atoms with Crippen LogP contribution in [0.25, 0.3) is 0 Å². The number of likely N-dealkylation sites (tertiary alicyclic amines) is 1. The lowest BCUT2D eigenvalue weighted by Gasteiger charge is -2.38. The Labute approximate surface area is 272 Å². The van der Waals surface area contributed by atoms with Gasteiger partial charge in [-0.25, -0.2) is 22.6 Å². The van der Waals surface area contributed by atoms with Crippen molar-refractivity contribution in [3.63, 3.8) is 0 Å². The van der Waals surface area contributed by atoms with E-state index in [1.165, 1.54) is 25.3 Å². The number of urea groups is 1.